The van der Waals surface area contributed by atoms with Crippen LogP contribution in [-0.2, 0) is 0 Å². The predicted molar refractivity (Wildman–Crippen MR) is 88.1 cm³/mol. The van der Waals surface area contributed by atoms with Gasteiger partial charge in [-0.2, -0.15) is 5.10 Å². The van der Waals surface area contributed by atoms with E-state index < -0.39 is 0 Å². The maximum absolute atomic E-state index is 12.0. The lowest BCUT2D eigenvalue weighted by atomic mass is 10.2. The molecule has 0 saturated heterocycles. The maximum Gasteiger partial charge on any atom is 0.273 e. The van der Waals surface area contributed by atoms with Crippen LogP contribution in [0.5, 0.6) is 5.75 Å². The monoisotopic (exact) mass is 297 g/mol. The van der Waals surface area contributed by atoms with Gasteiger partial charge >= 0.3 is 0 Å². The van der Waals surface area contributed by atoms with Crippen molar-refractivity contribution >= 4 is 17.8 Å². The normalized spacial score (nSPS) is 10.6. The quantitative estimate of drug-likeness (QED) is 0.489. The van der Waals surface area contributed by atoms with Gasteiger partial charge in [-0.25, -0.2) is 5.43 Å². The second-order valence-corrected chi connectivity index (χ2v) is 4.67. The Kier molecular flexibility index (Phi) is 5.54. The van der Waals surface area contributed by atoms with E-state index in [1.807, 2.05) is 31.2 Å². The molecule has 0 atom stereocenters. The van der Waals surface area contributed by atoms with Crippen molar-refractivity contribution in [1.82, 2.24) is 5.43 Å². The molecule has 22 heavy (non-hydrogen) atoms. The number of amides is 1. The molecule has 3 N–H and O–H groups in total. The number of rotatable bonds is 6. The van der Waals surface area contributed by atoms with E-state index in [-0.39, 0.29) is 5.91 Å². The number of carbonyl (C=O) groups excluding carboxylic acids is 1. The number of para-hydroxylation sites is 2. The highest BCUT2D eigenvalue weighted by Crippen LogP contribution is 2.16. The van der Waals surface area contributed by atoms with E-state index in [1.54, 1.807) is 30.5 Å². The number of ether oxygens (including phenoxy) is 1. The van der Waals surface area contributed by atoms with Crippen molar-refractivity contribution < 1.29 is 9.53 Å². The van der Waals surface area contributed by atoms with Crippen molar-refractivity contribution in [2.24, 2.45) is 5.10 Å². The molecule has 0 aliphatic heterocycles. The Bertz CT molecular complexity index is 668. The minimum Gasteiger partial charge on any atom is -0.493 e. The van der Waals surface area contributed by atoms with Gasteiger partial charge in [-0.1, -0.05) is 31.2 Å². The topological polar surface area (TPSA) is 76.7 Å². The van der Waals surface area contributed by atoms with Gasteiger partial charge in [0.25, 0.3) is 5.91 Å². The molecule has 114 valence electrons. The fraction of sp³-hybridized carbons (Fsp3) is 0.176. The highest BCUT2D eigenvalue weighted by Gasteiger charge is 2.07. The first kappa shape index (κ1) is 15.6. The van der Waals surface area contributed by atoms with Gasteiger partial charge in [-0.05, 0) is 30.7 Å². The molecule has 0 unspecified atom stereocenters. The van der Waals surface area contributed by atoms with Crippen molar-refractivity contribution in [3.63, 3.8) is 0 Å². The molecular formula is C17H19N3O2. The summed E-state index contributed by atoms with van der Waals surface area (Å²) >= 11 is 0. The summed E-state index contributed by atoms with van der Waals surface area (Å²) in [6.07, 6.45) is 2.48. The first-order chi connectivity index (χ1) is 10.7. The van der Waals surface area contributed by atoms with Crippen LogP contribution < -0.4 is 15.9 Å². The minimum absolute atomic E-state index is 0.346. The Morgan fingerprint density at radius 3 is 2.73 bits per heavy atom. The zero-order chi connectivity index (χ0) is 15.8. The molecule has 2 rings (SSSR count). The van der Waals surface area contributed by atoms with Gasteiger partial charge < -0.3 is 10.5 Å². The highest BCUT2D eigenvalue weighted by molar-refractivity contribution is 5.99. The van der Waals surface area contributed by atoms with Gasteiger partial charge in [0, 0.05) is 11.3 Å². The van der Waals surface area contributed by atoms with Crippen LogP contribution in [0.4, 0.5) is 5.69 Å². The van der Waals surface area contributed by atoms with Crippen LogP contribution in [0, 0.1) is 0 Å². The van der Waals surface area contributed by atoms with E-state index in [9.17, 15) is 4.79 Å². The molecule has 0 aliphatic rings. The number of nitrogens with one attached hydrogen (secondary N) is 1. The number of hydrazone groups is 1. The van der Waals surface area contributed by atoms with E-state index in [2.05, 4.69) is 10.5 Å². The number of hydrogen-bond donors (Lipinski definition) is 2. The maximum atomic E-state index is 12.0. The van der Waals surface area contributed by atoms with Crippen LogP contribution in [0.2, 0.25) is 0 Å². The van der Waals surface area contributed by atoms with Crippen LogP contribution in [-0.4, -0.2) is 18.7 Å². The first-order valence-corrected chi connectivity index (χ1v) is 7.12. The van der Waals surface area contributed by atoms with E-state index in [4.69, 9.17) is 10.5 Å². The van der Waals surface area contributed by atoms with E-state index in [0.717, 1.165) is 17.7 Å². The second-order valence-electron chi connectivity index (χ2n) is 4.67. The van der Waals surface area contributed by atoms with Crippen LogP contribution in [0.25, 0.3) is 0 Å². The third-order valence-electron chi connectivity index (χ3n) is 2.96. The number of hydrogen-bond acceptors (Lipinski definition) is 4. The lowest BCUT2D eigenvalue weighted by Crippen LogP contribution is -2.19. The number of carbonyl (C=O) groups is 1. The summed E-state index contributed by atoms with van der Waals surface area (Å²) in [6.45, 7) is 2.68. The van der Waals surface area contributed by atoms with Gasteiger partial charge in [-0.15, -0.1) is 0 Å². The number of anilines is 1. The lowest BCUT2D eigenvalue weighted by Gasteiger charge is -2.07. The summed E-state index contributed by atoms with van der Waals surface area (Å²) in [4.78, 5) is 12.0. The van der Waals surface area contributed by atoms with Crippen molar-refractivity contribution in [2.45, 2.75) is 13.3 Å². The van der Waals surface area contributed by atoms with Crippen molar-refractivity contribution in [3.8, 4) is 5.75 Å². The summed E-state index contributed by atoms with van der Waals surface area (Å²) in [5, 5.41) is 3.97. The van der Waals surface area contributed by atoms with Crippen LogP contribution in [0.3, 0.4) is 0 Å². The lowest BCUT2D eigenvalue weighted by molar-refractivity contribution is 0.0956. The predicted octanol–water partition coefficient (Wildman–Crippen LogP) is 2.82. The van der Waals surface area contributed by atoms with E-state index in [0.29, 0.717) is 17.9 Å². The molecule has 0 heterocycles. The van der Waals surface area contributed by atoms with Gasteiger partial charge in [0.05, 0.1) is 18.4 Å². The molecule has 0 aromatic heterocycles. The summed E-state index contributed by atoms with van der Waals surface area (Å²) in [5.41, 5.74) is 9.84. The average Bonchev–Trinajstić information content (AvgIpc) is 2.54. The summed E-state index contributed by atoms with van der Waals surface area (Å²) in [5.74, 6) is 0.392. The Hall–Kier alpha value is -2.82. The molecule has 5 heteroatoms. The third-order valence-corrected chi connectivity index (χ3v) is 2.96. The average molecular weight is 297 g/mol. The number of benzene rings is 2. The second kappa shape index (κ2) is 7.83. The molecule has 1 amide bonds. The largest absolute Gasteiger partial charge is 0.493 e. The molecule has 0 aliphatic carbocycles. The Balaban J connectivity index is 2.04. The minimum atomic E-state index is -0.346. The SMILES string of the molecule is CCCOc1ccccc1/C=N/NC(=O)c1ccccc1N. The van der Waals surface area contributed by atoms with E-state index in [1.165, 1.54) is 0 Å². The molecule has 5 nitrogen and oxygen atoms in total. The standard InChI is InChI=1S/C17H19N3O2/c1-2-11-22-16-10-6-3-7-13(16)12-19-20-17(21)14-8-4-5-9-15(14)18/h3-10,12H,2,11,18H2,1H3,(H,20,21)/b19-12+. The smallest absolute Gasteiger partial charge is 0.273 e. The molecule has 0 radical (unpaired) electrons. The molecule has 0 spiro atoms. The number of nitrogen functional groups attached to an aromatic ring is 1. The Morgan fingerprint density at radius 1 is 1.23 bits per heavy atom. The zero-order valence-electron chi connectivity index (χ0n) is 12.5. The van der Waals surface area contributed by atoms with Crippen molar-refractivity contribution in [2.75, 3.05) is 12.3 Å². The summed E-state index contributed by atoms with van der Waals surface area (Å²) < 4.78 is 5.62. The summed E-state index contributed by atoms with van der Waals surface area (Å²) in [6, 6.07) is 14.4. The number of nitrogens with zero attached hydrogens (tertiary/aromatic N) is 1. The molecule has 2 aromatic rings. The van der Waals surface area contributed by atoms with Crippen molar-refractivity contribution in [1.29, 1.82) is 0 Å². The third kappa shape index (κ3) is 4.09. The van der Waals surface area contributed by atoms with Gasteiger partial charge in [0.2, 0.25) is 0 Å². The fourth-order valence-electron chi connectivity index (χ4n) is 1.86. The molecule has 0 bridgehead atoms. The fourth-order valence-corrected chi connectivity index (χ4v) is 1.86. The number of nitrogens with two attached hydrogens (primary N) is 1. The van der Waals surface area contributed by atoms with Gasteiger partial charge in [0.15, 0.2) is 0 Å². The molecule has 0 saturated carbocycles. The van der Waals surface area contributed by atoms with Gasteiger partial charge in [0.1, 0.15) is 5.75 Å². The van der Waals surface area contributed by atoms with Crippen molar-refractivity contribution in [3.05, 3.63) is 59.7 Å². The molecule has 2 aromatic carbocycles. The van der Waals surface area contributed by atoms with E-state index >= 15 is 0 Å². The molecular weight excluding hydrogens is 278 g/mol. The van der Waals surface area contributed by atoms with Crippen LogP contribution in [0.15, 0.2) is 53.6 Å². The zero-order valence-corrected chi connectivity index (χ0v) is 12.5. The van der Waals surface area contributed by atoms with Crippen LogP contribution in [0.1, 0.15) is 29.3 Å². The highest BCUT2D eigenvalue weighted by atomic mass is 16.5. The summed E-state index contributed by atoms with van der Waals surface area (Å²) in [7, 11) is 0. The Labute approximate surface area is 129 Å². The van der Waals surface area contributed by atoms with Crippen LogP contribution >= 0.6 is 0 Å². The Morgan fingerprint density at radius 2 is 1.95 bits per heavy atom. The first-order valence-electron chi connectivity index (χ1n) is 7.12. The molecule has 0 fully saturated rings. The van der Waals surface area contributed by atoms with Gasteiger partial charge in [-0.3, -0.25) is 4.79 Å².